The highest BCUT2D eigenvalue weighted by atomic mass is 31.2. The molecule has 0 saturated heterocycles. The molecule has 82 valence electrons. The third-order valence-corrected chi connectivity index (χ3v) is 2.93. The van der Waals surface area contributed by atoms with E-state index in [1.54, 1.807) is 13.3 Å². The van der Waals surface area contributed by atoms with Crippen molar-refractivity contribution >= 4 is 19.1 Å². The van der Waals surface area contributed by atoms with Gasteiger partial charge in [-0.2, -0.15) is 0 Å². The fourth-order valence-electron chi connectivity index (χ4n) is 0.840. The van der Waals surface area contributed by atoms with E-state index in [1.807, 2.05) is 0 Å². The van der Waals surface area contributed by atoms with E-state index in [0.29, 0.717) is 12.6 Å². The molecule has 6 nitrogen and oxygen atoms in total. The molecule has 0 fully saturated rings. The maximum absolute atomic E-state index is 11.2. The summed E-state index contributed by atoms with van der Waals surface area (Å²) < 4.78 is 11.2. The number of imide groups is 1. The molecule has 0 radical (unpaired) electrons. The van der Waals surface area contributed by atoms with Crippen LogP contribution in [-0.4, -0.2) is 41.7 Å². The molecule has 0 spiro atoms. The highest BCUT2D eigenvalue weighted by Crippen LogP contribution is 2.36. The van der Waals surface area contributed by atoms with Crippen LogP contribution in [0.5, 0.6) is 0 Å². The van der Waals surface area contributed by atoms with Crippen LogP contribution < -0.4 is 5.73 Å². The highest BCUT2D eigenvalue weighted by Gasteiger charge is 2.16. The lowest BCUT2D eigenvalue weighted by Gasteiger charge is -2.10. The van der Waals surface area contributed by atoms with Gasteiger partial charge in [-0.25, -0.2) is 4.79 Å². The van der Waals surface area contributed by atoms with E-state index in [9.17, 15) is 14.2 Å². The van der Waals surface area contributed by atoms with Crippen molar-refractivity contribution in [1.82, 2.24) is 5.06 Å². The van der Waals surface area contributed by atoms with Gasteiger partial charge in [0.25, 0.3) is 5.91 Å². The van der Waals surface area contributed by atoms with Crippen LogP contribution in [0.2, 0.25) is 0 Å². The molecule has 0 rings (SSSR count). The zero-order chi connectivity index (χ0) is 11.4. The van der Waals surface area contributed by atoms with E-state index >= 15 is 0 Å². The fraction of sp³-hybridized carbons (Fsp3) is 0.714. The molecule has 0 saturated carbocycles. The van der Waals surface area contributed by atoms with Crippen LogP contribution in [0, 0.1) is 0 Å². The van der Waals surface area contributed by atoms with E-state index < -0.39 is 19.1 Å². The van der Waals surface area contributed by atoms with E-state index in [2.05, 4.69) is 5.73 Å². The van der Waals surface area contributed by atoms with Crippen LogP contribution in [0.3, 0.4) is 0 Å². The molecule has 0 aromatic carbocycles. The maximum Gasteiger partial charge on any atom is 0.345 e. The second-order valence-electron chi connectivity index (χ2n) is 3.44. The molecule has 0 aromatic rings. The van der Waals surface area contributed by atoms with Gasteiger partial charge in [0.05, 0.1) is 7.14 Å². The molecule has 0 aliphatic rings. The standard InChI is InChI=1S/C7H15N2O4P/c1-14(2,13)5-3-4-6(10)9(12)7(8)11/h12H,3-5H2,1-2H3,(H2,8,11). The number of nitrogens with zero attached hydrogens (tertiary/aromatic N) is 1. The van der Waals surface area contributed by atoms with Gasteiger partial charge in [0, 0.05) is 12.6 Å². The molecule has 0 heterocycles. The molecule has 0 unspecified atom stereocenters. The Labute approximate surface area is 82.4 Å². The Morgan fingerprint density at radius 3 is 2.29 bits per heavy atom. The Kier molecular flexibility index (Phi) is 4.80. The molecule has 3 N–H and O–H groups in total. The molecule has 0 aliphatic carbocycles. The Hall–Kier alpha value is -0.870. The Bertz CT molecular complexity index is 273. The first-order valence-corrected chi connectivity index (χ1v) is 6.88. The molecule has 3 amide bonds. The SMILES string of the molecule is CP(C)(=O)CCCC(=O)N(O)C(N)=O. The summed E-state index contributed by atoms with van der Waals surface area (Å²) in [5.41, 5.74) is 4.66. The second-order valence-corrected chi connectivity index (χ2v) is 7.04. The minimum atomic E-state index is -2.14. The van der Waals surface area contributed by atoms with Crippen molar-refractivity contribution in [1.29, 1.82) is 0 Å². The van der Waals surface area contributed by atoms with Gasteiger partial charge >= 0.3 is 6.03 Å². The van der Waals surface area contributed by atoms with E-state index in [-0.39, 0.29) is 11.5 Å². The number of carbonyl (C=O) groups excluding carboxylic acids is 2. The highest BCUT2D eigenvalue weighted by molar-refractivity contribution is 7.62. The van der Waals surface area contributed by atoms with Crippen LogP contribution in [0.25, 0.3) is 0 Å². The average Bonchev–Trinajstić information content (AvgIpc) is 2.00. The van der Waals surface area contributed by atoms with Crippen molar-refractivity contribution in [3.8, 4) is 0 Å². The molecule has 0 bridgehead atoms. The number of carbonyl (C=O) groups is 2. The van der Waals surface area contributed by atoms with E-state index in [1.165, 1.54) is 0 Å². The number of hydrogen-bond donors (Lipinski definition) is 2. The van der Waals surface area contributed by atoms with E-state index in [0.717, 1.165) is 0 Å². The number of urea groups is 1. The summed E-state index contributed by atoms with van der Waals surface area (Å²) in [6.45, 7) is 3.23. The minimum absolute atomic E-state index is 0.0366. The van der Waals surface area contributed by atoms with Gasteiger partial charge < -0.3 is 10.3 Å². The van der Waals surface area contributed by atoms with Crippen molar-refractivity contribution in [2.24, 2.45) is 5.73 Å². The number of hydrogen-bond acceptors (Lipinski definition) is 4. The number of amides is 3. The predicted octanol–water partition coefficient (Wildman–Crippen LogP) is 0.686. The molecule has 14 heavy (non-hydrogen) atoms. The predicted molar refractivity (Wildman–Crippen MR) is 51.8 cm³/mol. The van der Waals surface area contributed by atoms with E-state index in [4.69, 9.17) is 5.21 Å². The Morgan fingerprint density at radius 1 is 1.43 bits per heavy atom. The summed E-state index contributed by atoms with van der Waals surface area (Å²) in [5, 5.41) is 8.64. The largest absolute Gasteiger partial charge is 0.349 e. The zero-order valence-corrected chi connectivity index (χ0v) is 9.16. The topological polar surface area (TPSA) is 101 Å². The summed E-state index contributed by atoms with van der Waals surface area (Å²) in [4.78, 5) is 21.3. The van der Waals surface area contributed by atoms with Crippen LogP contribution in [-0.2, 0) is 9.36 Å². The molecule has 0 aromatic heterocycles. The van der Waals surface area contributed by atoms with Gasteiger partial charge in [-0.15, -0.1) is 5.06 Å². The third-order valence-electron chi connectivity index (χ3n) is 1.53. The summed E-state index contributed by atoms with van der Waals surface area (Å²) in [7, 11) is -2.14. The normalized spacial score (nSPS) is 11.1. The molecule has 0 aliphatic heterocycles. The fourth-order valence-corrected chi connectivity index (χ4v) is 1.76. The lowest BCUT2D eigenvalue weighted by atomic mass is 10.3. The lowest BCUT2D eigenvalue weighted by molar-refractivity contribution is -0.152. The maximum atomic E-state index is 11.2. The van der Waals surface area contributed by atoms with Gasteiger partial charge in [-0.05, 0) is 19.8 Å². The third kappa shape index (κ3) is 5.72. The number of primary amides is 1. The smallest absolute Gasteiger partial charge is 0.345 e. The summed E-state index contributed by atoms with van der Waals surface area (Å²) in [6.07, 6.45) is 0.740. The minimum Gasteiger partial charge on any atom is -0.349 e. The number of nitrogens with two attached hydrogens (primary N) is 1. The van der Waals surface area contributed by atoms with Crippen molar-refractivity contribution in [2.75, 3.05) is 19.5 Å². The second kappa shape index (κ2) is 5.12. The van der Waals surface area contributed by atoms with Gasteiger partial charge in [0.2, 0.25) is 0 Å². The van der Waals surface area contributed by atoms with Gasteiger partial charge in [-0.1, -0.05) is 0 Å². The Morgan fingerprint density at radius 2 is 1.93 bits per heavy atom. The van der Waals surface area contributed by atoms with Crippen LogP contribution in [0.15, 0.2) is 0 Å². The summed E-state index contributed by atoms with van der Waals surface area (Å²) in [5.74, 6) is -0.772. The van der Waals surface area contributed by atoms with Gasteiger partial charge in [0.1, 0.15) is 0 Å². The summed E-state index contributed by atoms with van der Waals surface area (Å²) in [6, 6.07) is -1.20. The first-order valence-electron chi connectivity index (χ1n) is 4.09. The van der Waals surface area contributed by atoms with Crippen LogP contribution in [0.4, 0.5) is 4.79 Å². The Balaban J connectivity index is 3.87. The van der Waals surface area contributed by atoms with Crippen molar-refractivity contribution in [3.63, 3.8) is 0 Å². The van der Waals surface area contributed by atoms with Crippen molar-refractivity contribution in [2.45, 2.75) is 12.8 Å². The molecule has 7 heteroatoms. The number of rotatable bonds is 4. The average molecular weight is 222 g/mol. The lowest BCUT2D eigenvalue weighted by Crippen LogP contribution is -2.37. The van der Waals surface area contributed by atoms with Gasteiger partial charge in [0.15, 0.2) is 0 Å². The first-order chi connectivity index (χ1) is 6.24. The molecule has 0 atom stereocenters. The van der Waals surface area contributed by atoms with Gasteiger partial charge in [-0.3, -0.25) is 10.0 Å². The first kappa shape index (κ1) is 13.1. The van der Waals surface area contributed by atoms with Crippen LogP contribution >= 0.6 is 7.14 Å². The quantitative estimate of drug-likeness (QED) is 0.415. The molecular formula is C7H15N2O4P. The van der Waals surface area contributed by atoms with Crippen molar-refractivity contribution < 1.29 is 19.4 Å². The molecular weight excluding hydrogens is 207 g/mol. The zero-order valence-electron chi connectivity index (χ0n) is 8.27. The summed E-state index contributed by atoms with van der Waals surface area (Å²) >= 11 is 0. The monoisotopic (exact) mass is 222 g/mol. The van der Waals surface area contributed by atoms with Crippen molar-refractivity contribution in [3.05, 3.63) is 0 Å². The number of hydroxylamine groups is 2. The van der Waals surface area contributed by atoms with Crippen LogP contribution in [0.1, 0.15) is 12.8 Å².